The van der Waals surface area contributed by atoms with Gasteiger partial charge in [-0.1, -0.05) is 32.9 Å². The molecule has 0 saturated heterocycles. The van der Waals surface area contributed by atoms with E-state index in [1.807, 2.05) is 13.0 Å². The molecule has 0 aliphatic carbocycles. The number of hydrogen-bond donors (Lipinski definition) is 2. The highest BCUT2D eigenvalue weighted by Crippen LogP contribution is 2.24. The first-order valence-electron chi connectivity index (χ1n) is 6.93. The maximum Gasteiger partial charge on any atom is 0.224 e. The van der Waals surface area contributed by atoms with Crippen molar-refractivity contribution >= 4 is 17.5 Å². The Hall–Kier alpha value is -2.10. The maximum atomic E-state index is 4.40. The van der Waals surface area contributed by atoms with E-state index in [-0.39, 0.29) is 5.41 Å². The highest BCUT2D eigenvalue weighted by atomic mass is 15.1. The van der Waals surface area contributed by atoms with Gasteiger partial charge in [-0.15, -0.1) is 0 Å². The summed E-state index contributed by atoms with van der Waals surface area (Å²) in [5, 5.41) is 6.39. The third-order valence-corrected chi connectivity index (χ3v) is 3.01. The lowest BCUT2D eigenvalue weighted by atomic mass is 9.87. The van der Waals surface area contributed by atoms with E-state index < -0.39 is 0 Å². The Morgan fingerprint density at radius 2 is 1.75 bits per heavy atom. The summed E-state index contributed by atoms with van der Waals surface area (Å²) in [5.74, 6) is 1.43. The monoisotopic (exact) mass is 270 g/mol. The van der Waals surface area contributed by atoms with Crippen LogP contribution in [0.15, 0.2) is 36.5 Å². The van der Waals surface area contributed by atoms with Crippen molar-refractivity contribution < 1.29 is 0 Å². The fraction of sp³-hybridized carbons (Fsp3) is 0.375. The minimum atomic E-state index is 0.172. The van der Waals surface area contributed by atoms with Crippen molar-refractivity contribution in [3.05, 3.63) is 42.1 Å². The van der Waals surface area contributed by atoms with Crippen LogP contribution in [0.25, 0.3) is 0 Å². The molecule has 0 atom stereocenters. The van der Waals surface area contributed by atoms with Crippen LogP contribution in [0.4, 0.5) is 17.5 Å². The number of aromatic nitrogens is 2. The third-order valence-electron chi connectivity index (χ3n) is 3.01. The molecule has 0 unspecified atom stereocenters. The quantitative estimate of drug-likeness (QED) is 0.883. The van der Waals surface area contributed by atoms with Gasteiger partial charge in [0.15, 0.2) is 0 Å². The van der Waals surface area contributed by atoms with Crippen molar-refractivity contribution in [1.82, 2.24) is 9.97 Å². The summed E-state index contributed by atoms with van der Waals surface area (Å²) in [4.78, 5) is 8.55. The average Bonchev–Trinajstić information content (AvgIpc) is 2.39. The van der Waals surface area contributed by atoms with E-state index in [0.29, 0.717) is 5.95 Å². The molecule has 1 heterocycles. The molecule has 2 N–H and O–H groups in total. The number of nitrogens with one attached hydrogen (secondary N) is 2. The smallest absolute Gasteiger partial charge is 0.224 e. The summed E-state index contributed by atoms with van der Waals surface area (Å²) in [6.45, 7) is 9.46. The molecular formula is C16H22N4. The molecule has 0 saturated carbocycles. The first kappa shape index (κ1) is 14.3. The van der Waals surface area contributed by atoms with Crippen molar-refractivity contribution in [2.24, 2.45) is 0 Å². The van der Waals surface area contributed by atoms with Crippen LogP contribution >= 0.6 is 0 Å². The largest absolute Gasteiger partial charge is 0.354 e. The summed E-state index contributed by atoms with van der Waals surface area (Å²) in [5.41, 5.74) is 2.52. The second kappa shape index (κ2) is 5.90. The van der Waals surface area contributed by atoms with Crippen LogP contribution in [-0.4, -0.2) is 16.5 Å². The predicted molar refractivity (Wildman–Crippen MR) is 84.6 cm³/mol. The number of rotatable bonds is 4. The Balaban J connectivity index is 2.12. The molecule has 1 aromatic heterocycles. The van der Waals surface area contributed by atoms with Crippen LogP contribution in [0.1, 0.15) is 33.3 Å². The normalized spacial score (nSPS) is 11.2. The number of nitrogens with zero attached hydrogens (tertiary/aromatic N) is 2. The van der Waals surface area contributed by atoms with Crippen molar-refractivity contribution in [3.8, 4) is 0 Å². The van der Waals surface area contributed by atoms with E-state index in [1.54, 1.807) is 6.20 Å². The van der Waals surface area contributed by atoms with Crippen LogP contribution in [0, 0.1) is 0 Å². The molecule has 0 amide bonds. The van der Waals surface area contributed by atoms with Gasteiger partial charge in [-0.05, 0) is 36.1 Å². The lowest BCUT2D eigenvalue weighted by molar-refractivity contribution is 0.590. The topological polar surface area (TPSA) is 49.8 Å². The van der Waals surface area contributed by atoms with Gasteiger partial charge in [-0.3, -0.25) is 0 Å². The Labute approximate surface area is 120 Å². The van der Waals surface area contributed by atoms with Gasteiger partial charge < -0.3 is 10.6 Å². The van der Waals surface area contributed by atoms with E-state index in [2.05, 4.69) is 65.6 Å². The molecule has 0 bridgehead atoms. The number of hydrogen-bond acceptors (Lipinski definition) is 4. The zero-order chi connectivity index (χ0) is 14.6. The van der Waals surface area contributed by atoms with E-state index in [4.69, 9.17) is 0 Å². The minimum absolute atomic E-state index is 0.172. The molecule has 0 aliphatic heterocycles. The van der Waals surface area contributed by atoms with Crippen molar-refractivity contribution in [2.75, 3.05) is 17.2 Å². The van der Waals surface area contributed by atoms with Gasteiger partial charge in [0.25, 0.3) is 0 Å². The molecular weight excluding hydrogens is 248 g/mol. The summed E-state index contributed by atoms with van der Waals surface area (Å²) in [6, 6.07) is 10.3. The lowest BCUT2D eigenvalue weighted by Gasteiger charge is -2.19. The molecule has 0 radical (unpaired) electrons. The maximum absolute atomic E-state index is 4.40. The predicted octanol–water partition coefficient (Wildman–Crippen LogP) is 3.95. The molecule has 106 valence electrons. The molecule has 4 nitrogen and oxygen atoms in total. The van der Waals surface area contributed by atoms with Gasteiger partial charge >= 0.3 is 0 Å². The van der Waals surface area contributed by atoms with Gasteiger partial charge in [0.1, 0.15) is 5.82 Å². The lowest BCUT2D eigenvalue weighted by Crippen LogP contribution is -2.10. The Bertz CT molecular complexity index is 555. The first-order chi connectivity index (χ1) is 9.49. The molecule has 2 aromatic rings. The number of benzene rings is 1. The van der Waals surface area contributed by atoms with Gasteiger partial charge in [-0.25, -0.2) is 4.98 Å². The van der Waals surface area contributed by atoms with Crippen LogP contribution in [-0.2, 0) is 5.41 Å². The van der Waals surface area contributed by atoms with Crippen LogP contribution in [0.5, 0.6) is 0 Å². The standard InChI is InChI=1S/C16H22N4/c1-5-17-15-18-11-10-14(20-15)19-13-8-6-12(7-9-13)16(2,3)4/h6-11H,5H2,1-4H3,(H2,17,18,19,20). The first-order valence-corrected chi connectivity index (χ1v) is 6.93. The third kappa shape index (κ3) is 3.70. The average molecular weight is 270 g/mol. The van der Waals surface area contributed by atoms with Crippen LogP contribution < -0.4 is 10.6 Å². The highest BCUT2D eigenvalue weighted by Gasteiger charge is 2.12. The SMILES string of the molecule is CCNc1nccc(Nc2ccc(C(C)(C)C)cc2)n1. The Morgan fingerprint density at radius 3 is 2.35 bits per heavy atom. The summed E-state index contributed by atoms with van der Waals surface area (Å²) in [6.07, 6.45) is 1.75. The van der Waals surface area contributed by atoms with Crippen LogP contribution in [0.2, 0.25) is 0 Å². The second-order valence-electron chi connectivity index (χ2n) is 5.75. The van der Waals surface area contributed by atoms with Crippen molar-refractivity contribution in [1.29, 1.82) is 0 Å². The van der Waals surface area contributed by atoms with Crippen LogP contribution in [0.3, 0.4) is 0 Å². The van der Waals surface area contributed by atoms with E-state index in [9.17, 15) is 0 Å². The highest BCUT2D eigenvalue weighted by molar-refractivity contribution is 5.57. The summed E-state index contributed by atoms with van der Waals surface area (Å²) in [7, 11) is 0. The second-order valence-corrected chi connectivity index (χ2v) is 5.75. The fourth-order valence-electron chi connectivity index (χ4n) is 1.87. The van der Waals surface area contributed by atoms with E-state index in [1.165, 1.54) is 5.56 Å². The molecule has 2 rings (SSSR count). The van der Waals surface area contributed by atoms with Gasteiger partial charge in [0.05, 0.1) is 0 Å². The molecule has 0 spiro atoms. The van der Waals surface area contributed by atoms with E-state index in [0.717, 1.165) is 18.1 Å². The van der Waals surface area contributed by atoms with Gasteiger partial charge in [0.2, 0.25) is 5.95 Å². The molecule has 1 aromatic carbocycles. The molecule has 0 aliphatic rings. The van der Waals surface area contributed by atoms with Gasteiger partial charge in [0, 0.05) is 18.4 Å². The zero-order valence-electron chi connectivity index (χ0n) is 12.6. The molecule has 0 fully saturated rings. The Kier molecular flexibility index (Phi) is 4.23. The zero-order valence-corrected chi connectivity index (χ0v) is 12.6. The van der Waals surface area contributed by atoms with Crippen molar-refractivity contribution in [2.45, 2.75) is 33.1 Å². The molecule has 20 heavy (non-hydrogen) atoms. The minimum Gasteiger partial charge on any atom is -0.354 e. The van der Waals surface area contributed by atoms with E-state index >= 15 is 0 Å². The summed E-state index contributed by atoms with van der Waals surface area (Å²) < 4.78 is 0. The molecule has 4 heteroatoms. The summed E-state index contributed by atoms with van der Waals surface area (Å²) >= 11 is 0. The Morgan fingerprint density at radius 1 is 1.05 bits per heavy atom. The van der Waals surface area contributed by atoms with Gasteiger partial charge in [-0.2, -0.15) is 4.98 Å². The fourth-order valence-corrected chi connectivity index (χ4v) is 1.87. The van der Waals surface area contributed by atoms with Crippen molar-refractivity contribution in [3.63, 3.8) is 0 Å². The number of anilines is 3.